The maximum Gasteiger partial charge on any atom is 0.247 e. The van der Waals surface area contributed by atoms with Crippen molar-refractivity contribution in [3.05, 3.63) is 29.8 Å². The van der Waals surface area contributed by atoms with Crippen LogP contribution < -0.4 is 5.32 Å². The van der Waals surface area contributed by atoms with E-state index in [-0.39, 0.29) is 5.91 Å². The number of nitrogens with zero attached hydrogens (tertiary/aromatic N) is 1. The number of amides is 1. The van der Waals surface area contributed by atoms with Crippen LogP contribution in [0.3, 0.4) is 0 Å². The SMILES string of the molecule is Cc1ccc(NC(C)(C)C(=O)N2CCCCCC2)cc1. The van der Waals surface area contributed by atoms with E-state index < -0.39 is 5.54 Å². The lowest BCUT2D eigenvalue weighted by molar-refractivity contribution is -0.134. The standard InChI is InChI=1S/C17H26N2O/c1-14-8-10-15(11-9-14)18-17(2,3)16(20)19-12-6-4-5-7-13-19/h8-11,18H,4-7,12-13H2,1-3H3. The Morgan fingerprint density at radius 2 is 1.60 bits per heavy atom. The molecule has 1 N–H and O–H groups in total. The minimum Gasteiger partial charge on any atom is -0.372 e. The number of anilines is 1. The molecule has 0 saturated carbocycles. The molecule has 0 unspecified atom stereocenters. The van der Waals surface area contributed by atoms with E-state index in [1.54, 1.807) is 0 Å². The quantitative estimate of drug-likeness (QED) is 0.913. The molecule has 3 heteroatoms. The maximum absolute atomic E-state index is 12.7. The van der Waals surface area contributed by atoms with E-state index in [9.17, 15) is 4.79 Å². The minimum absolute atomic E-state index is 0.208. The fourth-order valence-electron chi connectivity index (χ4n) is 2.72. The van der Waals surface area contributed by atoms with E-state index in [4.69, 9.17) is 0 Å². The van der Waals surface area contributed by atoms with E-state index in [0.29, 0.717) is 0 Å². The smallest absolute Gasteiger partial charge is 0.247 e. The summed E-state index contributed by atoms with van der Waals surface area (Å²) < 4.78 is 0. The molecular weight excluding hydrogens is 248 g/mol. The first kappa shape index (κ1) is 14.9. The van der Waals surface area contributed by atoms with Gasteiger partial charge in [-0.15, -0.1) is 0 Å². The zero-order chi connectivity index (χ0) is 14.6. The molecule has 1 aromatic rings. The van der Waals surface area contributed by atoms with Crippen molar-refractivity contribution in [2.45, 2.75) is 52.0 Å². The highest BCUT2D eigenvalue weighted by molar-refractivity contribution is 5.88. The van der Waals surface area contributed by atoms with Crippen LogP contribution >= 0.6 is 0 Å². The molecule has 0 bridgehead atoms. The fraction of sp³-hybridized carbons (Fsp3) is 0.588. The molecule has 20 heavy (non-hydrogen) atoms. The normalized spacial score (nSPS) is 16.6. The van der Waals surface area contributed by atoms with E-state index in [1.807, 2.05) is 30.9 Å². The van der Waals surface area contributed by atoms with E-state index in [0.717, 1.165) is 31.6 Å². The lowest BCUT2D eigenvalue weighted by Gasteiger charge is -2.32. The first-order valence-corrected chi connectivity index (χ1v) is 7.63. The van der Waals surface area contributed by atoms with Gasteiger partial charge in [0, 0.05) is 18.8 Å². The average Bonchev–Trinajstić information content (AvgIpc) is 2.69. The monoisotopic (exact) mass is 274 g/mol. The van der Waals surface area contributed by atoms with Gasteiger partial charge < -0.3 is 10.2 Å². The molecule has 0 radical (unpaired) electrons. The summed E-state index contributed by atoms with van der Waals surface area (Å²) in [6.07, 6.45) is 4.75. The van der Waals surface area contributed by atoms with Crippen LogP contribution in [0.1, 0.15) is 45.1 Å². The summed E-state index contributed by atoms with van der Waals surface area (Å²) in [7, 11) is 0. The topological polar surface area (TPSA) is 32.3 Å². The van der Waals surface area contributed by atoms with Gasteiger partial charge in [0.2, 0.25) is 5.91 Å². The largest absolute Gasteiger partial charge is 0.372 e. The van der Waals surface area contributed by atoms with Crippen LogP contribution in [0.25, 0.3) is 0 Å². The van der Waals surface area contributed by atoms with Gasteiger partial charge in [-0.2, -0.15) is 0 Å². The molecule has 1 saturated heterocycles. The van der Waals surface area contributed by atoms with Crippen molar-refractivity contribution >= 4 is 11.6 Å². The molecule has 1 fully saturated rings. The number of nitrogens with one attached hydrogen (secondary N) is 1. The van der Waals surface area contributed by atoms with Gasteiger partial charge in [-0.25, -0.2) is 0 Å². The van der Waals surface area contributed by atoms with Crippen molar-refractivity contribution in [2.24, 2.45) is 0 Å². The van der Waals surface area contributed by atoms with Crippen molar-refractivity contribution in [1.29, 1.82) is 0 Å². The summed E-state index contributed by atoms with van der Waals surface area (Å²) in [5, 5.41) is 3.37. The molecule has 0 spiro atoms. The first-order valence-electron chi connectivity index (χ1n) is 7.63. The van der Waals surface area contributed by atoms with E-state index in [1.165, 1.54) is 18.4 Å². The summed E-state index contributed by atoms with van der Waals surface area (Å²) in [5.74, 6) is 0.208. The summed E-state index contributed by atoms with van der Waals surface area (Å²) >= 11 is 0. The summed E-state index contributed by atoms with van der Waals surface area (Å²) in [4.78, 5) is 14.7. The Labute approximate surface area is 122 Å². The summed E-state index contributed by atoms with van der Waals surface area (Å²) in [5.41, 5.74) is 1.68. The molecule has 1 aliphatic heterocycles. The second-order valence-corrected chi connectivity index (χ2v) is 6.32. The molecular formula is C17H26N2O. The Bertz CT molecular complexity index is 443. The van der Waals surface area contributed by atoms with Crippen molar-refractivity contribution in [3.63, 3.8) is 0 Å². The predicted molar refractivity (Wildman–Crippen MR) is 83.9 cm³/mol. The van der Waals surface area contributed by atoms with Gasteiger partial charge in [0.15, 0.2) is 0 Å². The Morgan fingerprint density at radius 1 is 1.05 bits per heavy atom. The van der Waals surface area contributed by atoms with Crippen molar-refractivity contribution in [3.8, 4) is 0 Å². The number of likely N-dealkylation sites (tertiary alicyclic amines) is 1. The zero-order valence-corrected chi connectivity index (χ0v) is 12.9. The van der Waals surface area contributed by atoms with Crippen LogP contribution in [0, 0.1) is 6.92 Å². The second kappa shape index (κ2) is 6.29. The highest BCUT2D eigenvalue weighted by atomic mass is 16.2. The van der Waals surface area contributed by atoms with Crippen LogP contribution in [0.5, 0.6) is 0 Å². The van der Waals surface area contributed by atoms with Crippen LogP contribution in [0.2, 0.25) is 0 Å². The molecule has 2 rings (SSSR count). The molecule has 3 nitrogen and oxygen atoms in total. The molecule has 0 atom stereocenters. The van der Waals surface area contributed by atoms with Crippen LogP contribution in [0.15, 0.2) is 24.3 Å². The number of rotatable bonds is 3. The lowest BCUT2D eigenvalue weighted by atomic mass is 10.0. The zero-order valence-electron chi connectivity index (χ0n) is 12.9. The third-order valence-electron chi connectivity index (χ3n) is 3.94. The van der Waals surface area contributed by atoms with Crippen LogP contribution in [-0.4, -0.2) is 29.4 Å². The first-order chi connectivity index (χ1) is 9.49. The Morgan fingerprint density at radius 3 is 2.15 bits per heavy atom. The Hall–Kier alpha value is -1.51. The second-order valence-electron chi connectivity index (χ2n) is 6.32. The maximum atomic E-state index is 12.7. The van der Waals surface area contributed by atoms with Crippen LogP contribution in [-0.2, 0) is 4.79 Å². The van der Waals surface area contributed by atoms with Gasteiger partial charge >= 0.3 is 0 Å². The van der Waals surface area contributed by atoms with Gasteiger partial charge in [0.1, 0.15) is 5.54 Å². The van der Waals surface area contributed by atoms with Crippen molar-refractivity contribution < 1.29 is 4.79 Å². The fourth-order valence-corrected chi connectivity index (χ4v) is 2.72. The number of carbonyl (C=O) groups is 1. The molecule has 0 aromatic heterocycles. The van der Waals surface area contributed by atoms with Crippen LogP contribution in [0.4, 0.5) is 5.69 Å². The Balaban J connectivity index is 2.04. The van der Waals surface area contributed by atoms with Gasteiger partial charge in [-0.3, -0.25) is 4.79 Å². The van der Waals surface area contributed by atoms with E-state index in [2.05, 4.69) is 24.4 Å². The van der Waals surface area contributed by atoms with Crippen molar-refractivity contribution in [1.82, 2.24) is 4.90 Å². The average molecular weight is 274 g/mol. The third kappa shape index (κ3) is 3.75. The molecule has 1 amide bonds. The lowest BCUT2D eigenvalue weighted by Crippen LogP contribution is -2.50. The third-order valence-corrected chi connectivity index (χ3v) is 3.94. The van der Waals surface area contributed by atoms with Gasteiger partial charge in [0.05, 0.1) is 0 Å². The highest BCUT2D eigenvalue weighted by Gasteiger charge is 2.32. The number of aryl methyl sites for hydroxylation is 1. The summed E-state index contributed by atoms with van der Waals surface area (Å²) in [6, 6.07) is 8.20. The van der Waals surface area contributed by atoms with Gasteiger partial charge in [0.25, 0.3) is 0 Å². The Kier molecular flexibility index (Phi) is 4.69. The van der Waals surface area contributed by atoms with Gasteiger partial charge in [-0.05, 0) is 45.7 Å². The predicted octanol–water partition coefficient (Wildman–Crippen LogP) is 3.59. The van der Waals surface area contributed by atoms with Crippen molar-refractivity contribution in [2.75, 3.05) is 18.4 Å². The number of carbonyl (C=O) groups excluding carboxylic acids is 1. The molecule has 110 valence electrons. The number of benzene rings is 1. The molecule has 1 aromatic carbocycles. The number of hydrogen-bond donors (Lipinski definition) is 1. The van der Waals surface area contributed by atoms with E-state index >= 15 is 0 Å². The summed E-state index contributed by atoms with van der Waals surface area (Å²) in [6.45, 7) is 7.81. The highest BCUT2D eigenvalue weighted by Crippen LogP contribution is 2.20. The van der Waals surface area contributed by atoms with Gasteiger partial charge in [-0.1, -0.05) is 30.5 Å². The molecule has 1 heterocycles. The molecule has 0 aliphatic carbocycles. The number of hydrogen-bond acceptors (Lipinski definition) is 2. The molecule has 1 aliphatic rings. The minimum atomic E-state index is -0.556.